The number of carbonyl (C=O) groups excluding carboxylic acids is 1. The van der Waals surface area contributed by atoms with Gasteiger partial charge in [0, 0.05) is 6.20 Å². The van der Waals surface area contributed by atoms with Crippen molar-refractivity contribution in [2.75, 3.05) is 13.2 Å². The highest BCUT2D eigenvalue weighted by molar-refractivity contribution is 5.96. The number of esters is 1. The van der Waals surface area contributed by atoms with Crippen molar-refractivity contribution in [2.24, 2.45) is 10.9 Å². The topological polar surface area (TPSA) is 86.8 Å². The lowest BCUT2D eigenvalue weighted by Gasteiger charge is -2.21. The minimum absolute atomic E-state index is 0.215. The number of oxime groups is 1. The predicted octanol–water partition coefficient (Wildman–Crippen LogP) is 3.98. The summed E-state index contributed by atoms with van der Waals surface area (Å²) in [6, 6.07) is 14.3. The van der Waals surface area contributed by atoms with E-state index in [9.17, 15) is 4.79 Å². The summed E-state index contributed by atoms with van der Waals surface area (Å²) in [7, 11) is 0. The molecule has 0 saturated heterocycles. The maximum Gasteiger partial charge on any atom is 0.326 e. The highest BCUT2D eigenvalue weighted by Gasteiger charge is 2.43. The lowest BCUT2D eigenvalue weighted by molar-refractivity contribution is -0.149. The van der Waals surface area contributed by atoms with E-state index in [2.05, 4.69) is 22.3 Å². The van der Waals surface area contributed by atoms with Crippen LogP contribution in [0.5, 0.6) is 0 Å². The number of carbonyl (C=O) groups is 1. The highest BCUT2D eigenvalue weighted by atomic mass is 16.6. The number of rotatable bonds is 9. The Morgan fingerprint density at radius 1 is 1.27 bits per heavy atom. The van der Waals surface area contributed by atoms with Crippen LogP contribution in [-0.4, -0.2) is 35.4 Å². The minimum atomic E-state index is -0.885. The van der Waals surface area contributed by atoms with Crippen LogP contribution in [0.2, 0.25) is 0 Å². The maximum absolute atomic E-state index is 12.1. The molecule has 0 aliphatic heterocycles. The first-order valence-corrected chi connectivity index (χ1v) is 10.6. The summed E-state index contributed by atoms with van der Waals surface area (Å²) < 4.78 is 5.13. The normalized spacial score (nSPS) is 21.4. The van der Waals surface area contributed by atoms with Crippen molar-refractivity contribution in [3.63, 3.8) is 0 Å². The Labute approximate surface area is 178 Å². The Kier molecular flexibility index (Phi) is 7.57. The zero-order valence-corrected chi connectivity index (χ0v) is 17.8. The van der Waals surface area contributed by atoms with E-state index in [-0.39, 0.29) is 11.9 Å². The molecule has 0 bridgehead atoms. The zero-order chi connectivity index (χ0) is 21.4. The van der Waals surface area contributed by atoms with Gasteiger partial charge in [0.05, 0.1) is 12.3 Å². The van der Waals surface area contributed by atoms with Crippen molar-refractivity contribution < 1.29 is 14.4 Å². The quantitative estimate of drug-likeness (QED) is 0.293. The summed E-state index contributed by atoms with van der Waals surface area (Å²) in [5, 5.41) is 4.19. The number of pyridine rings is 1. The first-order chi connectivity index (χ1) is 14.5. The molecule has 1 aromatic carbocycles. The van der Waals surface area contributed by atoms with Crippen molar-refractivity contribution in [1.29, 1.82) is 0 Å². The van der Waals surface area contributed by atoms with E-state index in [0.29, 0.717) is 26.1 Å². The summed E-state index contributed by atoms with van der Waals surface area (Å²) in [6.07, 6.45) is 5.81. The van der Waals surface area contributed by atoms with E-state index < -0.39 is 5.54 Å². The van der Waals surface area contributed by atoms with Crippen molar-refractivity contribution in [3.8, 4) is 0 Å². The fourth-order valence-corrected chi connectivity index (χ4v) is 3.86. The van der Waals surface area contributed by atoms with Crippen LogP contribution in [0, 0.1) is 0 Å². The molecule has 2 N–H and O–H groups in total. The number of aryl methyl sites for hydroxylation is 1. The number of aromatic nitrogens is 1. The van der Waals surface area contributed by atoms with E-state index in [0.717, 1.165) is 36.2 Å². The molecule has 2 atom stereocenters. The first kappa shape index (κ1) is 22.0. The largest absolute Gasteiger partial charge is 0.465 e. The average Bonchev–Trinajstić information content (AvgIpc) is 3.18. The molecule has 0 radical (unpaired) electrons. The molecule has 6 heteroatoms. The van der Waals surface area contributed by atoms with Crippen LogP contribution >= 0.6 is 0 Å². The summed E-state index contributed by atoms with van der Waals surface area (Å²) in [4.78, 5) is 22.1. The summed E-state index contributed by atoms with van der Waals surface area (Å²) in [6.45, 7) is 4.61. The number of hydrogen-bond acceptors (Lipinski definition) is 6. The second-order valence-electron chi connectivity index (χ2n) is 7.89. The van der Waals surface area contributed by atoms with Crippen LogP contribution in [0.1, 0.15) is 62.3 Å². The molecule has 30 heavy (non-hydrogen) atoms. The van der Waals surface area contributed by atoms with Crippen LogP contribution < -0.4 is 5.73 Å². The monoisotopic (exact) mass is 409 g/mol. The Morgan fingerprint density at radius 2 is 2.07 bits per heavy atom. The molecule has 1 saturated carbocycles. The first-order valence-electron chi connectivity index (χ1n) is 10.6. The van der Waals surface area contributed by atoms with Crippen molar-refractivity contribution >= 4 is 11.7 Å². The van der Waals surface area contributed by atoms with Crippen molar-refractivity contribution in [3.05, 3.63) is 65.5 Å². The van der Waals surface area contributed by atoms with Gasteiger partial charge in [-0.1, -0.05) is 41.6 Å². The van der Waals surface area contributed by atoms with E-state index in [1.54, 1.807) is 6.92 Å². The molecule has 6 nitrogen and oxygen atoms in total. The second kappa shape index (κ2) is 10.3. The van der Waals surface area contributed by atoms with E-state index in [1.165, 1.54) is 5.56 Å². The minimum Gasteiger partial charge on any atom is -0.465 e. The standard InChI is InChI=1S/C24H31N3O3/c1-3-29-23(28)24(25)14-13-20(16-24)21-11-12-22(26-17-21)18(2)27-30-15-7-10-19-8-5-4-6-9-19/h4-6,8-9,11-12,17,20H,3,7,10,13-16,25H2,1-2H3/b27-18+. The fourth-order valence-electron chi connectivity index (χ4n) is 3.86. The van der Waals surface area contributed by atoms with Gasteiger partial charge in [0.15, 0.2) is 0 Å². The third-order valence-corrected chi connectivity index (χ3v) is 5.61. The molecule has 1 aliphatic rings. The number of ether oxygens (including phenoxy) is 1. The van der Waals surface area contributed by atoms with Gasteiger partial charge in [-0.2, -0.15) is 0 Å². The number of nitrogens with zero attached hydrogens (tertiary/aromatic N) is 2. The van der Waals surface area contributed by atoms with Crippen LogP contribution in [0.25, 0.3) is 0 Å². The highest BCUT2D eigenvalue weighted by Crippen LogP contribution is 2.40. The summed E-state index contributed by atoms with van der Waals surface area (Å²) in [5.41, 5.74) is 9.31. The molecule has 160 valence electrons. The van der Waals surface area contributed by atoms with Gasteiger partial charge >= 0.3 is 5.97 Å². The molecule has 0 spiro atoms. The number of nitrogens with two attached hydrogens (primary N) is 1. The Bertz CT molecular complexity index is 852. The van der Waals surface area contributed by atoms with Crippen molar-refractivity contribution in [1.82, 2.24) is 4.98 Å². The molecule has 3 rings (SSSR count). The van der Waals surface area contributed by atoms with Crippen LogP contribution in [0.15, 0.2) is 53.8 Å². The Balaban J connectivity index is 1.49. The lowest BCUT2D eigenvalue weighted by Crippen LogP contribution is -2.46. The van der Waals surface area contributed by atoms with Gasteiger partial charge in [0.2, 0.25) is 0 Å². The fraction of sp³-hybridized carbons (Fsp3) is 0.458. The van der Waals surface area contributed by atoms with E-state index in [1.807, 2.05) is 43.5 Å². The molecule has 1 heterocycles. The number of hydrogen-bond donors (Lipinski definition) is 1. The molecule has 2 aromatic rings. The smallest absolute Gasteiger partial charge is 0.326 e. The van der Waals surface area contributed by atoms with Gasteiger partial charge in [-0.3, -0.25) is 9.78 Å². The van der Waals surface area contributed by atoms with Gasteiger partial charge in [-0.05, 0) is 69.1 Å². The Hall–Kier alpha value is -2.73. The summed E-state index contributed by atoms with van der Waals surface area (Å²) >= 11 is 0. The van der Waals surface area contributed by atoms with E-state index >= 15 is 0 Å². The van der Waals surface area contributed by atoms with Crippen LogP contribution in [0.3, 0.4) is 0 Å². The molecule has 2 unspecified atom stereocenters. The second-order valence-corrected chi connectivity index (χ2v) is 7.89. The van der Waals surface area contributed by atoms with Crippen LogP contribution in [-0.2, 0) is 20.8 Å². The SMILES string of the molecule is CCOC(=O)C1(N)CCC(c2ccc(/C(C)=N/OCCCc3ccccc3)nc2)C1. The molecule has 1 aromatic heterocycles. The van der Waals surface area contributed by atoms with Gasteiger partial charge in [0.25, 0.3) is 0 Å². The molecular weight excluding hydrogens is 378 g/mol. The zero-order valence-electron chi connectivity index (χ0n) is 17.8. The molecule has 1 aliphatic carbocycles. The predicted molar refractivity (Wildman–Crippen MR) is 117 cm³/mol. The third kappa shape index (κ3) is 5.66. The third-order valence-electron chi connectivity index (χ3n) is 5.61. The van der Waals surface area contributed by atoms with Gasteiger partial charge in [0.1, 0.15) is 17.9 Å². The van der Waals surface area contributed by atoms with Gasteiger partial charge < -0.3 is 15.3 Å². The molecule has 0 amide bonds. The molecule has 1 fully saturated rings. The Morgan fingerprint density at radius 3 is 2.77 bits per heavy atom. The van der Waals surface area contributed by atoms with Gasteiger partial charge in [-0.15, -0.1) is 0 Å². The van der Waals surface area contributed by atoms with E-state index in [4.69, 9.17) is 15.3 Å². The summed E-state index contributed by atoms with van der Waals surface area (Å²) in [5.74, 6) is -0.0862. The average molecular weight is 410 g/mol. The maximum atomic E-state index is 12.1. The molecular formula is C24H31N3O3. The number of benzene rings is 1. The lowest BCUT2D eigenvalue weighted by atomic mass is 9.94. The van der Waals surface area contributed by atoms with Crippen molar-refractivity contribution in [2.45, 2.75) is 57.4 Å². The van der Waals surface area contributed by atoms with Gasteiger partial charge in [-0.25, -0.2) is 0 Å². The van der Waals surface area contributed by atoms with Crippen LogP contribution in [0.4, 0.5) is 0 Å².